The number of likely N-dealkylation sites (tertiary alicyclic amines) is 1. The molecule has 0 radical (unpaired) electrons. The number of aromatic nitrogens is 3. The average Bonchev–Trinajstić information content (AvgIpc) is 4.05. The highest BCUT2D eigenvalue weighted by molar-refractivity contribution is 7.89. The van der Waals surface area contributed by atoms with Crippen molar-refractivity contribution in [3.05, 3.63) is 109 Å². The predicted octanol–water partition coefficient (Wildman–Crippen LogP) is 6.86. The molecule has 1 saturated carbocycles. The molecule has 1 aromatic heterocycles. The quantitative estimate of drug-likeness (QED) is 0.0671. The molecule has 1 aliphatic heterocycles. The van der Waals surface area contributed by atoms with Crippen molar-refractivity contribution in [3.8, 4) is 22.5 Å². The Hall–Kier alpha value is -5.83. The first-order valence-corrected chi connectivity index (χ1v) is 23.1. The van der Waals surface area contributed by atoms with Crippen LogP contribution >= 0.6 is 0 Å². The summed E-state index contributed by atoms with van der Waals surface area (Å²) < 4.78 is 33.9. The van der Waals surface area contributed by atoms with E-state index < -0.39 is 63.8 Å². The zero-order chi connectivity index (χ0) is 43.2. The minimum Gasteiger partial charge on any atom is -0.446 e. The number of hydrogen-bond donors (Lipinski definition) is 3. The third-order valence-corrected chi connectivity index (χ3v) is 12.4. The number of amides is 4. The van der Waals surface area contributed by atoms with Crippen LogP contribution in [0.1, 0.15) is 96.1 Å². The molecular weight excluding hydrogens is 795 g/mol. The molecule has 1 aliphatic carbocycles. The van der Waals surface area contributed by atoms with Crippen molar-refractivity contribution in [1.29, 1.82) is 0 Å². The summed E-state index contributed by atoms with van der Waals surface area (Å²) >= 11 is 0. The van der Waals surface area contributed by atoms with Gasteiger partial charge in [-0.25, -0.2) is 13.2 Å². The normalized spacial score (nSPS) is 17.8. The van der Waals surface area contributed by atoms with Gasteiger partial charge in [0, 0.05) is 24.1 Å². The zero-order valence-corrected chi connectivity index (χ0v) is 35.8. The highest BCUT2D eigenvalue weighted by Crippen LogP contribution is 2.34. The molecule has 14 nitrogen and oxygen atoms in total. The first kappa shape index (κ1) is 44.7. The Morgan fingerprint density at radius 3 is 2.02 bits per heavy atom. The second kappa shape index (κ2) is 21.6. The summed E-state index contributed by atoms with van der Waals surface area (Å²) in [6.45, 7) is 3.65. The molecule has 4 amide bonds. The van der Waals surface area contributed by atoms with Gasteiger partial charge in [-0.05, 0) is 63.9 Å². The van der Waals surface area contributed by atoms with Crippen LogP contribution < -0.4 is 15.4 Å². The minimum atomic E-state index is -4.10. The van der Waals surface area contributed by atoms with Crippen molar-refractivity contribution in [3.63, 3.8) is 0 Å². The fourth-order valence-corrected chi connectivity index (χ4v) is 9.11. The molecule has 2 heterocycles. The van der Waals surface area contributed by atoms with E-state index in [2.05, 4.69) is 21.4 Å². The van der Waals surface area contributed by atoms with Gasteiger partial charge in [0.25, 0.3) is 5.91 Å². The van der Waals surface area contributed by atoms with E-state index in [-0.39, 0.29) is 25.5 Å². The Morgan fingerprint density at radius 2 is 1.43 bits per heavy atom. The largest absolute Gasteiger partial charge is 0.446 e. The fourth-order valence-electron chi connectivity index (χ4n) is 7.96. The van der Waals surface area contributed by atoms with Gasteiger partial charge in [0.15, 0.2) is 0 Å². The molecule has 4 atom stereocenters. The SMILES string of the molecule is C/C=C\CCCCC[C@H](NC(=O)OC1CCCC1)C(=O)N1C[C@H](n2nc(-c3ccccc3)c(-c3ccccc3)n2)C[C@H]1C(=O)N[C@@H](CC)C(=O)NS(=O)(=O)Cc1ccccc1. The van der Waals surface area contributed by atoms with Gasteiger partial charge in [0.2, 0.25) is 21.8 Å². The van der Waals surface area contributed by atoms with Gasteiger partial charge in [-0.3, -0.25) is 19.1 Å². The van der Waals surface area contributed by atoms with Crippen LogP contribution in [0, 0.1) is 0 Å². The molecule has 4 aromatic rings. The fraction of sp³-hybridized carbons (Fsp3) is 0.435. The predicted molar refractivity (Wildman–Crippen MR) is 233 cm³/mol. The van der Waals surface area contributed by atoms with E-state index in [1.807, 2.05) is 73.7 Å². The van der Waals surface area contributed by atoms with Crippen molar-refractivity contribution in [2.75, 3.05) is 6.54 Å². The molecule has 2 aliphatic rings. The number of carbonyl (C=O) groups excluding carboxylic acids is 4. The molecule has 1 saturated heterocycles. The summed E-state index contributed by atoms with van der Waals surface area (Å²) in [7, 11) is -4.10. The molecule has 15 heteroatoms. The van der Waals surface area contributed by atoms with Crippen LogP contribution in [-0.2, 0) is 34.9 Å². The van der Waals surface area contributed by atoms with Crippen LogP contribution in [0.2, 0.25) is 0 Å². The maximum absolute atomic E-state index is 14.8. The molecule has 0 spiro atoms. The third kappa shape index (κ3) is 12.4. The van der Waals surface area contributed by atoms with E-state index in [9.17, 15) is 27.6 Å². The lowest BCUT2D eigenvalue weighted by atomic mass is 10.0. The van der Waals surface area contributed by atoms with E-state index in [1.165, 1.54) is 4.90 Å². The number of nitrogens with one attached hydrogen (secondary N) is 3. The molecule has 3 aromatic carbocycles. The van der Waals surface area contributed by atoms with E-state index in [4.69, 9.17) is 14.9 Å². The number of nitrogens with zero attached hydrogens (tertiary/aromatic N) is 4. The molecule has 61 heavy (non-hydrogen) atoms. The van der Waals surface area contributed by atoms with Crippen molar-refractivity contribution in [1.82, 2.24) is 35.2 Å². The summed E-state index contributed by atoms with van der Waals surface area (Å²) in [6.07, 6.45) is 10.4. The lowest BCUT2D eigenvalue weighted by Crippen LogP contribution is -2.56. The number of carbonyl (C=O) groups is 4. The molecule has 0 unspecified atom stereocenters. The van der Waals surface area contributed by atoms with Gasteiger partial charge in [-0.1, -0.05) is 123 Å². The monoisotopic (exact) mass is 851 g/mol. The third-order valence-electron chi connectivity index (χ3n) is 11.2. The van der Waals surface area contributed by atoms with Crippen LogP contribution in [0.3, 0.4) is 0 Å². The number of allylic oxidation sites excluding steroid dienone is 2. The molecule has 2 fully saturated rings. The Labute approximate surface area is 358 Å². The summed E-state index contributed by atoms with van der Waals surface area (Å²) in [6, 6.07) is 23.8. The van der Waals surface area contributed by atoms with Crippen molar-refractivity contribution < 1.29 is 32.3 Å². The molecule has 0 bridgehead atoms. The van der Waals surface area contributed by atoms with Gasteiger partial charge in [0.05, 0.1) is 11.8 Å². The summed E-state index contributed by atoms with van der Waals surface area (Å²) in [4.78, 5) is 58.9. The first-order chi connectivity index (χ1) is 29.5. The lowest BCUT2D eigenvalue weighted by Gasteiger charge is -2.29. The number of benzene rings is 3. The highest BCUT2D eigenvalue weighted by atomic mass is 32.2. The van der Waals surface area contributed by atoms with Crippen LogP contribution in [0.15, 0.2) is 103 Å². The Morgan fingerprint density at radius 1 is 0.820 bits per heavy atom. The van der Waals surface area contributed by atoms with Gasteiger partial charge in [-0.2, -0.15) is 15.0 Å². The number of rotatable bonds is 19. The van der Waals surface area contributed by atoms with Gasteiger partial charge in [-0.15, -0.1) is 0 Å². The summed E-state index contributed by atoms with van der Waals surface area (Å²) in [5.41, 5.74) is 3.43. The zero-order valence-electron chi connectivity index (χ0n) is 34.9. The summed E-state index contributed by atoms with van der Waals surface area (Å²) in [5, 5.41) is 15.5. The van der Waals surface area contributed by atoms with Crippen molar-refractivity contribution >= 4 is 33.8 Å². The number of hydrogen-bond acceptors (Lipinski definition) is 9. The van der Waals surface area contributed by atoms with Crippen LogP contribution in [0.4, 0.5) is 4.79 Å². The number of ether oxygens (including phenoxy) is 1. The van der Waals surface area contributed by atoms with E-state index >= 15 is 0 Å². The van der Waals surface area contributed by atoms with Crippen LogP contribution in [0.25, 0.3) is 22.5 Å². The maximum atomic E-state index is 14.8. The Kier molecular flexibility index (Phi) is 15.8. The van der Waals surface area contributed by atoms with E-state index in [0.29, 0.717) is 29.8 Å². The average molecular weight is 852 g/mol. The molecular formula is C46H57N7O7S. The lowest BCUT2D eigenvalue weighted by molar-refractivity contribution is -0.141. The first-order valence-electron chi connectivity index (χ1n) is 21.4. The number of alkyl carbamates (subject to hydrolysis) is 1. The molecule has 3 N–H and O–H groups in total. The van der Waals surface area contributed by atoms with Gasteiger partial charge < -0.3 is 20.3 Å². The summed E-state index contributed by atoms with van der Waals surface area (Å²) in [5.74, 6) is -2.42. The molecule has 324 valence electrons. The highest BCUT2D eigenvalue weighted by Gasteiger charge is 2.44. The van der Waals surface area contributed by atoms with Gasteiger partial charge in [0.1, 0.15) is 35.6 Å². The molecule has 6 rings (SSSR count). The number of unbranched alkanes of at least 4 members (excludes halogenated alkanes) is 3. The second-order valence-corrected chi connectivity index (χ2v) is 17.5. The number of sulfonamides is 1. The van der Waals surface area contributed by atoms with Crippen LogP contribution in [0.5, 0.6) is 0 Å². The van der Waals surface area contributed by atoms with Crippen molar-refractivity contribution in [2.24, 2.45) is 0 Å². The minimum absolute atomic E-state index is 0.0274. The second-order valence-electron chi connectivity index (χ2n) is 15.7. The smallest absolute Gasteiger partial charge is 0.408 e. The van der Waals surface area contributed by atoms with Crippen molar-refractivity contribution in [2.45, 2.75) is 121 Å². The topological polar surface area (TPSA) is 182 Å². The van der Waals surface area contributed by atoms with Crippen LogP contribution in [-0.4, -0.2) is 82.9 Å². The van der Waals surface area contributed by atoms with E-state index in [1.54, 1.807) is 42.1 Å². The van der Waals surface area contributed by atoms with Gasteiger partial charge >= 0.3 is 6.09 Å². The van der Waals surface area contributed by atoms with E-state index in [0.717, 1.165) is 56.1 Å². The Bertz CT molecular complexity index is 2150. The Balaban J connectivity index is 1.28. The maximum Gasteiger partial charge on any atom is 0.408 e. The standard InChI is InChI=1S/C46H57N7O7S/c1-3-5-6-7-8-18-29-39(48-46(57)60-37-27-19-20-28-37)45(56)52-31-36(53-49-41(34-23-14-10-15-24-34)42(50-53)35-25-16-11-17-26-35)30-40(52)44(55)47-38(4-2)43(54)51-61(58,59)32-33-21-12-9-13-22-33/h3,5,9-17,21-26,36-40H,4,6-8,18-20,27-32H2,1-2H3,(H,47,55)(H,48,57)(H,51,54)/b5-3-/t36-,38+,39+,40+/m1/s1.